The Labute approximate surface area is 112 Å². The van der Waals surface area contributed by atoms with Crippen molar-refractivity contribution >= 4 is 11.8 Å². The van der Waals surface area contributed by atoms with Crippen LogP contribution in [-0.4, -0.2) is 22.8 Å². The SMILES string of the molecule is O=C1C=C(Cc2ccco2)C(=O)N1C1CCCCC1. The van der Waals surface area contributed by atoms with Crippen LogP contribution >= 0.6 is 0 Å². The summed E-state index contributed by atoms with van der Waals surface area (Å²) in [5.74, 6) is 0.435. The third kappa shape index (κ3) is 2.35. The van der Waals surface area contributed by atoms with Crippen LogP contribution in [0.5, 0.6) is 0 Å². The minimum atomic E-state index is -0.154. The smallest absolute Gasteiger partial charge is 0.257 e. The van der Waals surface area contributed by atoms with E-state index < -0.39 is 0 Å². The van der Waals surface area contributed by atoms with Gasteiger partial charge in [-0.3, -0.25) is 14.5 Å². The Hall–Kier alpha value is -1.84. The molecule has 100 valence electrons. The normalized spacial score (nSPS) is 21.1. The highest BCUT2D eigenvalue weighted by atomic mass is 16.3. The van der Waals surface area contributed by atoms with Crippen molar-refractivity contribution < 1.29 is 14.0 Å². The number of carbonyl (C=O) groups excluding carboxylic acids is 2. The fraction of sp³-hybridized carbons (Fsp3) is 0.467. The average molecular weight is 259 g/mol. The first-order chi connectivity index (χ1) is 9.25. The molecular formula is C15H17NO3. The Morgan fingerprint density at radius 1 is 1.21 bits per heavy atom. The fourth-order valence-corrected chi connectivity index (χ4v) is 2.95. The van der Waals surface area contributed by atoms with Crippen LogP contribution in [0.2, 0.25) is 0 Å². The van der Waals surface area contributed by atoms with Crippen molar-refractivity contribution in [2.24, 2.45) is 0 Å². The molecule has 0 atom stereocenters. The molecule has 2 heterocycles. The summed E-state index contributed by atoms with van der Waals surface area (Å²) in [5, 5.41) is 0. The Morgan fingerprint density at radius 3 is 2.68 bits per heavy atom. The molecule has 0 unspecified atom stereocenters. The molecule has 1 saturated carbocycles. The molecule has 0 aromatic carbocycles. The summed E-state index contributed by atoms with van der Waals surface area (Å²) in [5.41, 5.74) is 0.547. The second kappa shape index (κ2) is 5.03. The van der Waals surface area contributed by atoms with Gasteiger partial charge in [-0.25, -0.2) is 0 Å². The first-order valence-corrected chi connectivity index (χ1v) is 6.86. The molecule has 4 nitrogen and oxygen atoms in total. The zero-order chi connectivity index (χ0) is 13.2. The molecule has 0 spiro atoms. The molecule has 0 radical (unpaired) electrons. The van der Waals surface area contributed by atoms with E-state index in [-0.39, 0.29) is 17.9 Å². The van der Waals surface area contributed by atoms with Crippen molar-refractivity contribution in [1.29, 1.82) is 0 Å². The molecule has 2 aliphatic rings. The lowest BCUT2D eigenvalue weighted by Gasteiger charge is -2.29. The minimum Gasteiger partial charge on any atom is -0.469 e. The van der Waals surface area contributed by atoms with Crippen LogP contribution in [-0.2, 0) is 16.0 Å². The largest absolute Gasteiger partial charge is 0.469 e. The van der Waals surface area contributed by atoms with E-state index in [1.165, 1.54) is 17.4 Å². The summed E-state index contributed by atoms with van der Waals surface area (Å²) in [6.07, 6.45) is 8.76. The summed E-state index contributed by atoms with van der Waals surface area (Å²) < 4.78 is 5.24. The van der Waals surface area contributed by atoms with Crippen LogP contribution in [0.15, 0.2) is 34.5 Å². The lowest BCUT2D eigenvalue weighted by molar-refractivity contribution is -0.140. The van der Waals surface area contributed by atoms with Crippen LogP contribution in [0, 0.1) is 0 Å². The minimum absolute atomic E-state index is 0.0964. The van der Waals surface area contributed by atoms with Crippen LogP contribution in [0.4, 0.5) is 0 Å². The van der Waals surface area contributed by atoms with Gasteiger partial charge in [-0.1, -0.05) is 19.3 Å². The molecule has 3 rings (SSSR count). The number of furan rings is 1. The Balaban J connectivity index is 1.73. The Bertz CT molecular complexity index is 510. The van der Waals surface area contributed by atoms with Crippen molar-refractivity contribution in [2.75, 3.05) is 0 Å². The van der Waals surface area contributed by atoms with Crippen LogP contribution in [0.1, 0.15) is 37.9 Å². The second-order valence-electron chi connectivity index (χ2n) is 5.23. The lowest BCUT2D eigenvalue weighted by atomic mass is 9.94. The zero-order valence-corrected chi connectivity index (χ0v) is 10.8. The van der Waals surface area contributed by atoms with Gasteiger partial charge in [0.25, 0.3) is 11.8 Å². The predicted octanol–water partition coefficient (Wildman–Crippen LogP) is 2.45. The molecule has 2 amide bonds. The maximum Gasteiger partial charge on any atom is 0.257 e. The topological polar surface area (TPSA) is 50.5 Å². The number of hydrogen-bond donors (Lipinski definition) is 0. The molecule has 0 saturated heterocycles. The summed E-state index contributed by atoms with van der Waals surface area (Å²) in [4.78, 5) is 25.8. The molecule has 0 N–H and O–H groups in total. The van der Waals surface area contributed by atoms with Gasteiger partial charge in [-0.05, 0) is 25.0 Å². The second-order valence-corrected chi connectivity index (χ2v) is 5.23. The summed E-state index contributed by atoms with van der Waals surface area (Å²) >= 11 is 0. The quantitative estimate of drug-likeness (QED) is 0.783. The molecule has 1 fully saturated rings. The van der Waals surface area contributed by atoms with E-state index >= 15 is 0 Å². The van der Waals surface area contributed by atoms with Gasteiger partial charge >= 0.3 is 0 Å². The highest BCUT2D eigenvalue weighted by molar-refractivity contribution is 6.16. The molecule has 1 aliphatic carbocycles. The highest BCUT2D eigenvalue weighted by Crippen LogP contribution is 2.28. The number of rotatable bonds is 3. The molecule has 4 heteroatoms. The first kappa shape index (κ1) is 12.2. The Morgan fingerprint density at radius 2 is 2.00 bits per heavy atom. The van der Waals surface area contributed by atoms with Gasteiger partial charge in [0.15, 0.2) is 0 Å². The first-order valence-electron chi connectivity index (χ1n) is 6.86. The van der Waals surface area contributed by atoms with Gasteiger partial charge in [-0.2, -0.15) is 0 Å². The van der Waals surface area contributed by atoms with Crippen molar-refractivity contribution in [3.63, 3.8) is 0 Å². The van der Waals surface area contributed by atoms with E-state index in [1.54, 1.807) is 12.3 Å². The maximum absolute atomic E-state index is 12.3. The predicted molar refractivity (Wildman–Crippen MR) is 69.2 cm³/mol. The highest BCUT2D eigenvalue weighted by Gasteiger charge is 2.36. The average Bonchev–Trinajstić information content (AvgIpc) is 3.01. The van der Waals surface area contributed by atoms with E-state index in [2.05, 4.69) is 0 Å². The molecule has 19 heavy (non-hydrogen) atoms. The van der Waals surface area contributed by atoms with Gasteiger partial charge in [0.1, 0.15) is 5.76 Å². The Kier molecular flexibility index (Phi) is 3.23. The van der Waals surface area contributed by atoms with E-state index in [9.17, 15) is 9.59 Å². The van der Waals surface area contributed by atoms with E-state index in [0.717, 1.165) is 31.4 Å². The van der Waals surface area contributed by atoms with E-state index in [0.29, 0.717) is 12.0 Å². The third-order valence-corrected chi connectivity index (χ3v) is 3.91. The molecule has 1 aromatic rings. The number of nitrogens with zero attached hydrogens (tertiary/aromatic N) is 1. The van der Waals surface area contributed by atoms with Crippen molar-refractivity contribution in [3.8, 4) is 0 Å². The molecular weight excluding hydrogens is 242 g/mol. The van der Waals surface area contributed by atoms with E-state index in [4.69, 9.17) is 4.42 Å². The number of hydrogen-bond acceptors (Lipinski definition) is 3. The number of carbonyl (C=O) groups is 2. The van der Waals surface area contributed by atoms with Crippen LogP contribution in [0.25, 0.3) is 0 Å². The van der Waals surface area contributed by atoms with Gasteiger partial charge in [0.05, 0.1) is 6.26 Å². The maximum atomic E-state index is 12.3. The van der Waals surface area contributed by atoms with Gasteiger partial charge < -0.3 is 4.42 Å². The van der Waals surface area contributed by atoms with Crippen molar-refractivity contribution in [3.05, 3.63) is 35.8 Å². The fourth-order valence-electron chi connectivity index (χ4n) is 2.95. The summed E-state index contributed by atoms with van der Waals surface area (Å²) in [6, 6.07) is 3.71. The molecule has 1 aliphatic heterocycles. The van der Waals surface area contributed by atoms with Gasteiger partial charge in [0.2, 0.25) is 0 Å². The zero-order valence-electron chi connectivity index (χ0n) is 10.8. The van der Waals surface area contributed by atoms with E-state index in [1.807, 2.05) is 6.07 Å². The van der Waals surface area contributed by atoms with Crippen molar-refractivity contribution in [2.45, 2.75) is 44.6 Å². The van der Waals surface area contributed by atoms with Crippen molar-refractivity contribution in [1.82, 2.24) is 4.90 Å². The molecule has 1 aromatic heterocycles. The van der Waals surface area contributed by atoms with Crippen LogP contribution < -0.4 is 0 Å². The lowest BCUT2D eigenvalue weighted by Crippen LogP contribution is -2.41. The number of amides is 2. The number of imide groups is 1. The summed E-state index contributed by atoms with van der Waals surface area (Å²) in [7, 11) is 0. The van der Waals surface area contributed by atoms with Gasteiger partial charge in [-0.15, -0.1) is 0 Å². The van der Waals surface area contributed by atoms with Gasteiger partial charge in [0, 0.05) is 24.1 Å². The van der Waals surface area contributed by atoms with Crippen LogP contribution in [0.3, 0.4) is 0 Å². The molecule has 0 bridgehead atoms. The standard InChI is InChI=1S/C15H17NO3/c17-14-10-11(9-13-7-4-8-19-13)15(18)16(14)12-5-2-1-3-6-12/h4,7-8,10,12H,1-3,5-6,9H2. The monoisotopic (exact) mass is 259 g/mol. The third-order valence-electron chi connectivity index (χ3n) is 3.91. The summed E-state index contributed by atoms with van der Waals surface area (Å²) in [6.45, 7) is 0.